The van der Waals surface area contributed by atoms with E-state index in [4.69, 9.17) is 5.26 Å². The van der Waals surface area contributed by atoms with Gasteiger partial charge in [-0.25, -0.2) is 4.39 Å². The summed E-state index contributed by atoms with van der Waals surface area (Å²) in [7, 11) is 0. The SMILES string of the molecule is N#Cc1cccc(CSCC(=O)NCc2ccc(F)cc2)c1. The van der Waals surface area contributed by atoms with Crippen LogP contribution in [0.3, 0.4) is 0 Å². The minimum absolute atomic E-state index is 0.0641. The number of carbonyl (C=O) groups excluding carboxylic acids is 1. The quantitative estimate of drug-likeness (QED) is 0.890. The molecule has 0 aliphatic heterocycles. The van der Waals surface area contributed by atoms with Crippen molar-refractivity contribution in [1.29, 1.82) is 5.26 Å². The summed E-state index contributed by atoms with van der Waals surface area (Å²) in [4.78, 5) is 11.7. The van der Waals surface area contributed by atoms with Gasteiger partial charge in [-0.1, -0.05) is 24.3 Å². The van der Waals surface area contributed by atoms with Gasteiger partial charge in [0.25, 0.3) is 0 Å². The van der Waals surface area contributed by atoms with Crippen LogP contribution in [-0.2, 0) is 17.1 Å². The van der Waals surface area contributed by atoms with E-state index < -0.39 is 0 Å². The van der Waals surface area contributed by atoms with E-state index in [1.54, 1.807) is 18.2 Å². The van der Waals surface area contributed by atoms with Crippen molar-refractivity contribution in [3.05, 3.63) is 71.0 Å². The highest BCUT2D eigenvalue weighted by molar-refractivity contribution is 7.99. The lowest BCUT2D eigenvalue weighted by atomic mass is 10.2. The van der Waals surface area contributed by atoms with E-state index in [2.05, 4.69) is 11.4 Å². The van der Waals surface area contributed by atoms with Gasteiger partial charge in [0, 0.05) is 12.3 Å². The Morgan fingerprint density at radius 2 is 1.95 bits per heavy atom. The number of benzene rings is 2. The summed E-state index contributed by atoms with van der Waals surface area (Å²) < 4.78 is 12.8. The molecule has 0 saturated carbocycles. The highest BCUT2D eigenvalue weighted by atomic mass is 32.2. The number of nitriles is 1. The second kappa shape index (κ2) is 8.20. The van der Waals surface area contributed by atoms with Crippen LogP contribution >= 0.6 is 11.8 Å². The third kappa shape index (κ3) is 5.23. The van der Waals surface area contributed by atoms with Gasteiger partial charge in [0.05, 0.1) is 17.4 Å². The van der Waals surface area contributed by atoms with Gasteiger partial charge in [0.2, 0.25) is 5.91 Å². The second-order valence-corrected chi connectivity index (χ2v) is 5.69. The molecule has 0 unspecified atom stereocenters. The molecule has 0 fully saturated rings. The lowest BCUT2D eigenvalue weighted by Gasteiger charge is -2.06. The summed E-state index contributed by atoms with van der Waals surface area (Å²) in [5.41, 5.74) is 2.51. The molecule has 0 heterocycles. The molecule has 0 atom stereocenters. The zero-order valence-corrected chi connectivity index (χ0v) is 12.7. The largest absolute Gasteiger partial charge is 0.351 e. The first kappa shape index (κ1) is 16.1. The molecule has 1 amide bonds. The van der Waals surface area contributed by atoms with Crippen LogP contribution in [0.25, 0.3) is 0 Å². The van der Waals surface area contributed by atoms with Crippen molar-refractivity contribution >= 4 is 17.7 Å². The average Bonchev–Trinajstić information content (AvgIpc) is 2.54. The second-order valence-electron chi connectivity index (χ2n) is 4.71. The van der Waals surface area contributed by atoms with Gasteiger partial charge in [0.1, 0.15) is 5.82 Å². The molecule has 1 N–H and O–H groups in total. The third-order valence-electron chi connectivity index (χ3n) is 2.96. The molecule has 0 saturated heterocycles. The lowest BCUT2D eigenvalue weighted by Crippen LogP contribution is -2.24. The van der Waals surface area contributed by atoms with Crippen LogP contribution in [0.5, 0.6) is 0 Å². The first-order valence-electron chi connectivity index (χ1n) is 6.75. The van der Waals surface area contributed by atoms with Gasteiger partial charge in [-0.05, 0) is 35.4 Å². The van der Waals surface area contributed by atoms with Crippen LogP contribution in [0.2, 0.25) is 0 Å². The standard InChI is InChI=1S/C17H15FN2OS/c18-16-6-4-13(5-7-16)10-20-17(21)12-22-11-15-3-1-2-14(8-15)9-19/h1-8H,10-12H2,(H,20,21). The van der Waals surface area contributed by atoms with Crippen molar-refractivity contribution in [3.63, 3.8) is 0 Å². The highest BCUT2D eigenvalue weighted by Gasteiger charge is 2.03. The summed E-state index contributed by atoms with van der Waals surface area (Å²) in [5, 5.41) is 11.6. The van der Waals surface area contributed by atoms with Crippen molar-refractivity contribution in [2.75, 3.05) is 5.75 Å². The first-order chi connectivity index (χ1) is 10.7. The van der Waals surface area contributed by atoms with Crippen LogP contribution in [0.1, 0.15) is 16.7 Å². The van der Waals surface area contributed by atoms with Gasteiger partial charge in [0.15, 0.2) is 0 Å². The van der Waals surface area contributed by atoms with Crippen LogP contribution < -0.4 is 5.32 Å². The number of halogens is 1. The number of hydrogen-bond acceptors (Lipinski definition) is 3. The van der Waals surface area contributed by atoms with E-state index in [0.29, 0.717) is 23.6 Å². The summed E-state index contributed by atoms with van der Waals surface area (Å²) in [6.07, 6.45) is 0. The molecule has 0 aliphatic rings. The van der Waals surface area contributed by atoms with E-state index in [1.165, 1.54) is 23.9 Å². The maximum atomic E-state index is 12.8. The maximum Gasteiger partial charge on any atom is 0.230 e. The first-order valence-corrected chi connectivity index (χ1v) is 7.91. The number of nitrogens with one attached hydrogen (secondary N) is 1. The van der Waals surface area contributed by atoms with Crippen molar-refractivity contribution in [2.24, 2.45) is 0 Å². The molecule has 2 rings (SSSR count). The number of thioether (sulfide) groups is 1. The molecule has 22 heavy (non-hydrogen) atoms. The van der Waals surface area contributed by atoms with Gasteiger partial charge in [-0.3, -0.25) is 4.79 Å². The Kier molecular flexibility index (Phi) is 5.99. The minimum atomic E-state index is -0.287. The lowest BCUT2D eigenvalue weighted by molar-refractivity contribution is -0.118. The van der Waals surface area contributed by atoms with Gasteiger partial charge >= 0.3 is 0 Å². The number of rotatable bonds is 6. The normalized spacial score (nSPS) is 10.0. The van der Waals surface area contributed by atoms with E-state index >= 15 is 0 Å². The average molecular weight is 314 g/mol. The monoisotopic (exact) mass is 314 g/mol. The van der Waals surface area contributed by atoms with E-state index in [0.717, 1.165) is 11.1 Å². The molecular formula is C17H15FN2OS. The zero-order chi connectivity index (χ0) is 15.8. The molecule has 2 aromatic carbocycles. The van der Waals surface area contributed by atoms with Crippen molar-refractivity contribution in [1.82, 2.24) is 5.32 Å². The molecule has 5 heteroatoms. The van der Waals surface area contributed by atoms with Crippen LogP contribution in [0.15, 0.2) is 48.5 Å². The van der Waals surface area contributed by atoms with Gasteiger partial charge < -0.3 is 5.32 Å². The Bertz CT molecular complexity index is 680. The molecule has 112 valence electrons. The van der Waals surface area contributed by atoms with Gasteiger partial charge in [-0.2, -0.15) is 5.26 Å². The smallest absolute Gasteiger partial charge is 0.230 e. The predicted octanol–water partition coefficient (Wildman–Crippen LogP) is 3.25. The van der Waals surface area contributed by atoms with Crippen molar-refractivity contribution in [3.8, 4) is 6.07 Å². The van der Waals surface area contributed by atoms with Crippen LogP contribution in [0, 0.1) is 17.1 Å². The zero-order valence-electron chi connectivity index (χ0n) is 11.9. The van der Waals surface area contributed by atoms with Crippen molar-refractivity contribution in [2.45, 2.75) is 12.3 Å². The van der Waals surface area contributed by atoms with Crippen molar-refractivity contribution < 1.29 is 9.18 Å². The molecule has 0 radical (unpaired) electrons. The molecule has 0 bridgehead atoms. The van der Waals surface area contributed by atoms with E-state index in [1.807, 2.05) is 18.2 Å². The Morgan fingerprint density at radius 3 is 2.68 bits per heavy atom. The number of amides is 1. The molecule has 0 aromatic heterocycles. The number of nitrogens with zero attached hydrogens (tertiary/aromatic N) is 1. The van der Waals surface area contributed by atoms with E-state index in [9.17, 15) is 9.18 Å². The Labute approximate surface area is 133 Å². The van der Waals surface area contributed by atoms with Crippen LogP contribution in [-0.4, -0.2) is 11.7 Å². The molecular weight excluding hydrogens is 299 g/mol. The third-order valence-corrected chi connectivity index (χ3v) is 3.96. The summed E-state index contributed by atoms with van der Waals surface area (Å²) in [6, 6.07) is 15.5. The van der Waals surface area contributed by atoms with Gasteiger partial charge in [-0.15, -0.1) is 11.8 Å². The summed E-state index contributed by atoms with van der Waals surface area (Å²) in [5.74, 6) is 0.674. The molecule has 0 spiro atoms. The van der Waals surface area contributed by atoms with E-state index in [-0.39, 0.29) is 11.7 Å². The molecule has 2 aromatic rings. The Balaban J connectivity index is 1.71. The number of hydrogen-bond donors (Lipinski definition) is 1. The minimum Gasteiger partial charge on any atom is -0.351 e. The fourth-order valence-electron chi connectivity index (χ4n) is 1.85. The predicted molar refractivity (Wildman–Crippen MR) is 85.6 cm³/mol. The summed E-state index contributed by atoms with van der Waals surface area (Å²) >= 11 is 1.49. The fraction of sp³-hybridized carbons (Fsp3) is 0.176. The molecule has 3 nitrogen and oxygen atoms in total. The Morgan fingerprint density at radius 1 is 1.18 bits per heavy atom. The summed E-state index contributed by atoms with van der Waals surface area (Å²) in [6.45, 7) is 0.392. The Hall–Kier alpha value is -2.32. The number of carbonyl (C=O) groups is 1. The fourth-order valence-corrected chi connectivity index (χ4v) is 2.65. The maximum absolute atomic E-state index is 12.8. The van der Waals surface area contributed by atoms with Crippen LogP contribution in [0.4, 0.5) is 4.39 Å². The highest BCUT2D eigenvalue weighted by Crippen LogP contribution is 2.13. The topological polar surface area (TPSA) is 52.9 Å². The molecule has 0 aliphatic carbocycles.